The lowest BCUT2D eigenvalue weighted by Gasteiger charge is -2.24. The molecule has 1 aliphatic carbocycles. The first-order chi connectivity index (χ1) is 11.6. The van der Waals surface area contributed by atoms with Crippen LogP contribution in [0.3, 0.4) is 0 Å². The van der Waals surface area contributed by atoms with Crippen molar-refractivity contribution in [2.45, 2.75) is 44.6 Å². The van der Waals surface area contributed by atoms with Crippen LogP contribution >= 0.6 is 0 Å². The van der Waals surface area contributed by atoms with Gasteiger partial charge in [-0.25, -0.2) is 4.79 Å². The summed E-state index contributed by atoms with van der Waals surface area (Å²) in [6, 6.07) is 7.23. The molecule has 5 heteroatoms. The highest BCUT2D eigenvalue weighted by Gasteiger charge is 2.49. The minimum atomic E-state index is -0.840. The third-order valence-corrected chi connectivity index (χ3v) is 5.48. The SMILES string of the molecule is COc1ccc(CCCC(=O)N2CC3CCCC3C2C(=O)O)cc1. The molecule has 3 unspecified atom stereocenters. The maximum Gasteiger partial charge on any atom is 0.326 e. The Morgan fingerprint density at radius 2 is 2.00 bits per heavy atom. The summed E-state index contributed by atoms with van der Waals surface area (Å²) in [5.74, 6) is 0.519. The number of carbonyl (C=O) groups is 2. The van der Waals surface area contributed by atoms with Crippen molar-refractivity contribution in [3.8, 4) is 5.75 Å². The number of benzene rings is 1. The molecule has 0 aromatic heterocycles. The summed E-state index contributed by atoms with van der Waals surface area (Å²) in [5, 5.41) is 9.53. The molecule has 1 aliphatic heterocycles. The molecular weight excluding hydrogens is 306 g/mol. The molecule has 1 saturated heterocycles. The molecule has 1 aromatic rings. The van der Waals surface area contributed by atoms with E-state index in [1.807, 2.05) is 24.3 Å². The lowest BCUT2D eigenvalue weighted by molar-refractivity contribution is -0.149. The predicted octanol–water partition coefficient (Wildman–Crippen LogP) is 2.73. The number of carboxylic acids is 1. The van der Waals surface area contributed by atoms with Gasteiger partial charge in [-0.3, -0.25) is 4.79 Å². The number of hydrogen-bond donors (Lipinski definition) is 1. The van der Waals surface area contributed by atoms with E-state index < -0.39 is 12.0 Å². The van der Waals surface area contributed by atoms with Gasteiger partial charge in [-0.15, -0.1) is 0 Å². The summed E-state index contributed by atoms with van der Waals surface area (Å²) in [6.07, 6.45) is 5.06. The molecule has 130 valence electrons. The van der Waals surface area contributed by atoms with E-state index in [1.165, 1.54) is 0 Å². The number of amides is 1. The van der Waals surface area contributed by atoms with Crippen LogP contribution in [0.2, 0.25) is 0 Å². The Bertz CT molecular complexity index is 598. The van der Waals surface area contributed by atoms with Crippen LogP contribution in [0.5, 0.6) is 5.75 Å². The topological polar surface area (TPSA) is 66.8 Å². The van der Waals surface area contributed by atoms with E-state index in [-0.39, 0.29) is 11.8 Å². The van der Waals surface area contributed by atoms with Crippen molar-refractivity contribution in [1.29, 1.82) is 0 Å². The molecular formula is C19H25NO4. The van der Waals surface area contributed by atoms with Crippen molar-refractivity contribution in [1.82, 2.24) is 4.90 Å². The lowest BCUT2D eigenvalue weighted by atomic mass is 9.94. The fourth-order valence-electron chi connectivity index (χ4n) is 4.26. The van der Waals surface area contributed by atoms with E-state index in [9.17, 15) is 14.7 Å². The van der Waals surface area contributed by atoms with Gasteiger partial charge in [-0.2, -0.15) is 0 Å². The number of hydrogen-bond acceptors (Lipinski definition) is 3. The molecule has 3 rings (SSSR count). The molecule has 1 heterocycles. The highest BCUT2D eigenvalue weighted by molar-refractivity contribution is 5.84. The Labute approximate surface area is 142 Å². The number of ether oxygens (including phenoxy) is 1. The molecule has 5 nitrogen and oxygen atoms in total. The Morgan fingerprint density at radius 3 is 2.67 bits per heavy atom. The van der Waals surface area contributed by atoms with Gasteiger partial charge in [0.2, 0.25) is 5.91 Å². The van der Waals surface area contributed by atoms with Gasteiger partial charge in [0.1, 0.15) is 11.8 Å². The van der Waals surface area contributed by atoms with Gasteiger partial charge < -0.3 is 14.7 Å². The lowest BCUT2D eigenvalue weighted by Crippen LogP contribution is -2.43. The number of nitrogens with zero attached hydrogens (tertiary/aromatic N) is 1. The monoisotopic (exact) mass is 331 g/mol. The molecule has 24 heavy (non-hydrogen) atoms. The minimum Gasteiger partial charge on any atom is -0.497 e. The van der Waals surface area contributed by atoms with Gasteiger partial charge in [0, 0.05) is 13.0 Å². The summed E-state index contributed by atoms with van der Waals surface area (Å²) in [5.41, 5.74) is 1.16. The predicted molar refractivity (Wildman–Crippen MR) is 89.9 cm³/mol. The number of methoxy groups -OCH3 is 1. The Hall–Kier alpha value is -2.04. The van der Waals surface area contributed by atoms with Crippen molar-refractivity contribution >= 4 is 11.9 Å². The van der Waals surface area contributed by atoms with Crippen LogP contribution in [0.1, 0.15) is 37.7 Å². The van der Waals surface area contributed by atoms with Crippen molar-refractivity contribution in [2.24, 2.45) is 11.8 Å². The fraction of sp³-hybridized carbons (Fsp3) is 0.579. The summed E-state index contributed by atoms with van der Waals surface area (Å²) >= 11 is 0. The van der Waals surface area contributed by atoms with E-state index >= 15 is 0 Å². The maximum atomic E-state index is 12.5. The van der Waals surface area contributed by atoms with Crippen LogP contribution in [-0.2, 0) is 16.0 Å². The molecule has 2 fully saturated rings. The summed E-state index contributed by atoms with van der Waals surface area (Å²) in [7, 11) is 1.64. The molecule has 1 saturated carbocycles. The van der Waals surface area contributed by atoms with Crippen LogP contribution in [-0.4, -0.2) is 41.6 Å². The van der Waals surface area contributed by atoms with E-state index in [0.29, 0.717) is 18.9 Å². The highest BCUT2D eigenvalue weighted by atomic mass is 16.5. The number of aliphatic carboxylic acids is 1. The largest absolute Gasteiger partial charge is 0.497 e. The Balaban J connectivity index is 1.53. The number of likely N-dealkylation sites (tertiary alicyclic amines) is 1. The van der Waals surface area contributed by atoms with Crippen LogP contribution < -0.4 is 4.74 Å². The molecule has 0 spiro atoms. The second-order valence-corrected chi connectivity index (χ2v) is 6.89. The summed E-state index contributed by atoms with van der Waals surface area (Å²) in [4.78, 5) is 25.8. The molecule has 0 radical (unpaired) electrons. The van der Waals surface area contributed by atoms with Gasteiger partial charge in [-0.05, 0) is 55.2 Å². The zero-order valence-electron chi connectivity index (χ0n) is 14.1. The number of rotatable bonds is 6. The average molecular weight is 331 g/mol. The Morgan fingerprint density at radius 1 is 1.25 bits per heavy atom. The second-order valence-electron chi connectivity index (χ2n) is 6.89. The van der Waals surface area contributed by atoms with Crippen molar-refractivity contribution in [3.05, 3.63) is 29.8 Å². The van der Waals surface area contributed by atoms with E-state index in [2.05, 4.69) is 0 Å². The zero-order chi connectivity index (χ0) is 17.1. The standard InChI is InChI=1S/C19H25NO4/c1-24-15-10-8-13(9-11-15)4-2-7-17(21)20-12-14-5-3-6-16(14)18(20)19(22)23/h8-11,14,16,18H,2-7,12H2,1H3,(H,22,23). The quantitative estimate of drug-likeness (QED) is 0.870. The normalized spacial score (nSPS) is 25.5. The van der Waals surface area contributed by atoms with Gasteiger partial charge in [0.25, 0.3) is 0 Å². The first-order valence-corrected chi connectivity index (χ1v) is 8.75. The molecule has 1 amide bonds. The summed E-state index contributed by atoms with van der Waals surface area (Å²) in [6.45, 7) is 0.628. The highest BCUT2D eigenvalue weighted by Crippen LogP contribution is 2.42. The van der Waals surface area contributed by atoms with Crippen LogP contribution in [0.15, 0.2) is 24.3 Å². The molecule has 3 atom stereocenters. The second kappa shape index (κ2) is 7.24. The van der Waals surface area contributed by atoms with Gasteiger partial charge in [0.05, 0.1) is 7.11 Å². The number of carbonyl (C=O) groups excluding carboxylic acids is 1. The minimum absolute atomic E-state index is 0.00897. The number of carboxylic acid groups (broad SMARTS) is 1. The molecule has 1 aromatic carbocycles. The van der Waals surface area contributed by atoms with E-state index in [4.69, 9.17) is 4.74 Å². The first-order valence-electron chi connectivity index (χ1n) is 8.75. The Kier molecular flexibility index (Phi) is 5.07. The van der Waals surface area contributed by atoms with E-state index in [1.54, 1.807) is 12.0 Å². The zero-order valence-corrected chi connectivity index (χ0v) is 14.1. The third-order valence-electron chi connectivity index (χ3n) is 5.48. The summed E-state index contributed by atoms with van der Waals surface area (Å²) < 4.78 is 5.13. The molecule has 0 bridgehead atoms. The number of fused-ring (bicyclic) bond motifs is 1. The molecule has 1 N–H and O–H groups in total. The van der Waals surface area contributed by atoms with Crippen LogP contribution in [0, 0.1) is 11.8 Å². The van der Waals surface area contributed by atoms with Gasteiger partial charge in [-0.1, -0.05) is 18.6 Å². The van der Waals surface area contributed by atoms with Crippen LogP contribution in [0.4, 0.5) is 0 Å². The molecule has 2 aliphatic rings. The van der Waals surface area contributed by atoms with Crippen molar-refractivity contribution in [3.63, 3.8) is 0 Å². The van der Waals surface area contributed by atoms with Gasteiger partial charge >= 0.3 is 5.97 Å². The van der Waals surface area contributed by atoms with Gasteiger partial charge in [0.15, 0.2) is 0 Å². The smallest absolute Gasteiger partial charge is 0.326 e. The average Bonchev–Trinajstić information content (AvgIpc) is 3.15. The van der Waals surface area contributed by atoms with Crippen LogP contribution in [0.25, 0.3) is 0 Å². The van der Waals surface area contributed by atoms with Crippen molar-refractivity contribution in [2.75, 3.05) is 13.7 Å². The first kappa shape index (κ1) is 16.8. The van der Waals surface area contributed by atoms with E-state index in [0.717, 1.165) is 43.4 Å². The number of aryl methyl sites for hydroxylation is 1. The maximum absolute atomic E-state index is 12.5. The van der Waals surface area contributed by atoms with Crippen molar-refractivity contribution < 1.29 is 19.4 Å². The fourth-order valence-corrected chi connectivity index (χ4v) is 4.26. The third kappa shape index (κ3) is 3.40.